The number of piperidine rings is 1. The topological polar surface area (TPSA) is 84.7 Å². The highest BCUT2D eigenvalue weighted by Crippen LogP contribution is 2.38. The van der Waals surface area contributed by atoms with Gasteiger partial charge in [0.1, 0.15) is 0 Å². The van der Waals surface area contributed by atoms with Gasteiger partial charge in [-0.2, -0.15) is 5.10 Å². The zero-order valence-corrected chi connectivity index (χ0v) is 15.0. The summed E-state index contributed by atoms with van der Waals surface area (Å²) in [6.45, 7) is 0.787. The van der Waals surface area contributed by atoms with Crippen molar-refractivity contribution in [3.8, 4) is 0 Å². The minimum absolute atomic E-state index is 0.0408. The lowest BCUT2D eigenvalue weighted by molar-refractivity contribution is -0.152. The first-order valence-electron chi connectivity index (χ1n) is 8.58. The van der Waals surface area contributed by atoms with Crippen molar-refractivity contribution in [3.63, 3.8) is 0 Å². The van der Waals surface area contributed by atoms with E-state index in [1.165, 1.54) is 0 Å². The van der Waals surface area contributed by atoms with Crippen LogP contribution in [0.1, 0.15) is 35.7 Å². The van der Waals surface area contributed by atoms with Gasteiger partial charge in [0.2, 0.25) is 5.91 Å². The van der Waals surface area contributed by atoms with Crippen LogP contribution in [0.25, 0.3) is 0 Å². The van der Waals surface area contributed by atoms with Crippen molar-refractivity contribution in [2.75, 3.05) is 7.11 Å². The van der Waals surface area contributed by atoms with Crippen molar-refractivity contribution in [3.05, 3.63) is 53.3 Å². The molecule has 0 saturated carbocycles. The van der Waals surface area contributed by atoms with Crippen molar-refractivity contribution < 1.29 is 19.4 Å². The van der Waals surface area contributed by atoms with Gasteiger partial charge in [-0.05, 0) is 23.6 Å². The molecule has 1 saturated heterocycles. The van der Waals surface area contributed by atoms with Crippen LogP contribution in [-0.4, -0.2) is 38.8 Å². The quantitative estimate of drug-likeness (QED) is 0.856. The Labute approximate surface area is 152 Å². The Bertz CT molecular complexity index is 802. The summed E-state index contributed by atoms with van der Waals surface area (Å²) in [6.07, 6.45) is 2.20. The molecule has 2 aromatic rings. The molecule has 7 heteroatoms. The Balaban J connectivity index is 2.00. The largest absolute Gasteiger partial charge is 0.481 e. The summed E-state index contributed by atoms with van der Waals surface area (Å²) in [5, 5.41) is 13.9. The number of carboxylic acids is 1. The summed E-state index contributed by atoms with van der Waals surface area (Å²) >= 11 is 0. The molecule has 138 valence electrons. The highest BCUT2D eigenvalue weighted by atomic mass is 16.5. The summed E-state index contributed by atoms with van der Waals surface area (Å²) in [4.78, 5) is 26.3. The highest BCUT2D eigenvalue weighted by Gasteiger charge is 2.42. The van der Waals surface area contributed by atoms with Crippen molar-refractivity contribution in [2.45, 2.75) is 32.0 Å². The number of carboxylic acid groups (broad SMARTS) is 1. The minimum atomic E-state index is -0.890. The standard InChI is InChI=1S/C19H23N3O4/c1-21-16(9-10-20-21)18-15(19(24)25)7-8-17(23)22(18)11-13-5-3-4-6-14(13)12-26-2/h3-6,9-10,15,18H,7-8,11-12H2,1-2H3,(H,24,25)/t15-,18-/m0/s1. The Morgan fingerprint density at radius 3 is 2.65 bits per heavy atom. The number of methoxy groups -OCH3 is 1. The smallest absolute Gasteiger partial charge is 0.309 e. The van der Waals surface area contributed by atoms with Gasteiger partial charge in [0.15, 0.2) is 0 Å². The van der Waals surface area contributed by atoms with E-state index in [4.69, 9.17) is 4.74 Å². The molecule has 3 rings (SSSR count). The molecule has 0 aliphatic carbocycles. The van der Waals surface area contributed by atoms with Gasteiger partial charge in [-0.1, -0.05) is 24.3 Å². The number of nitrogens with zero attached hydrogens (tertiary/aromatic N) is 3. The van der Waals surface area contributed by atoms with Crippen molar-refractivity contribution in [1.29, 1.82) is 0 Å². The maximum absolute atomic E-state index is 12.7. The lowest BCUT2D eigenvalue weighted by Crippen LogP contribution is -2.45. The molecule has 1 aliphatic heterocycles. The normalized spacial score (nSPS) is 20.4. The number of aromatic nitrogens is 2. The molecule has 7 nitrogen and oxygen atoms in total. The monoisotopic (exact) mass is 357 g/mol. The molecule has 1 fully saturated rings. The molecule has 1 amide bonds. The van der Waals surface area contributed by atoms with E-state index in [-0.39, 0.29) is 12.3 Å². The molecular formula is C19H23N3O4. The van der Waals surface area contributed by atoms with Gasteiger partial charge in [-0.3, -0.25) is 14.3 Å². The number of carbonyl (C=O) groups excluding carboxylic acids is 1. The van der Waals surface area contributed by atoms with Crippen LogP contribution in [0.3, 0.4) is 0 Å². The Morgan fingerprint density at radius 2 is 2.04 bits per heavy atom. The van der Waals surface area contributed by atoms with Gasteiger partial charge < -0.3 is 14.7 Å². The summed E-state index contributed by atoms with van der Waals surface area (Å²) in [5.41, 5.74) is 2.68. The SMILES string of the molecule is COCc1ccccc1CN1C(=O)CC[C@H](C(=O)O)[C@H]1c1ccnn1C. The molecule has 0 bridgehead atoms. The van der Waals surface area contributed by atoms with Crippen LogP contribution in [0.2, 0.25) is 0 Å². The van der Waals surface area contributed by atoms with Crippen LogP contribution in [-0.2, 0) is 34.5 Å². The van der Waals surface area contributed by atoms with Crippen LogP contribution in [0.5, 0.6) is 0 Å². The van der Waals surface area contributed by atoms with Crippen molar-refractivity contribution in [2.24, 2.45) is 13.0 Å². The number of benzene rings is 1. The van der Waals surface area contributed by atoms with Crippen LogP contribution in [0.15, 0.2) is 36.5 Å². The zero-order chi connectivity index (χ0) is 18.7. The van der Waals surface area contributed by atoms with E-state index in [1.54, 1.807) is 36.0 Å². The van der Waals surface area contributed by atoms with Crippen LogP contribution in [0, 0.1) is 5.92 Å². The van der Waals surface area contributed by atoms with E-state index >= 15 is 0 Å². The first kappa shape index (κ1) is 18.1. The van der Waals surface area contributed by atoms with E-state index in [9.17, 15) is 14.7 Å². The van der Waals surface area contributed by atoms with E-state index in [2.05, 4.69) is 5.10 Å². The van der Waals surface area contributed by atoms with Gasteiger partial charge in [-0.25, -0.2) is 0 Å². The third-order valence-electron chi connectivity index (χ3n) is 4.94. The van der Waals surface area contributed by atoms with Crippen LogP contribution < -0.4 is 0 Å². The fraction of sp³-hybridized carbons (Fsp3) is 0.421. The zero-order valence-electron chi connectivity index (χ0n) is 15.0. The van der Waals surface area contributed by atoms with Crippen LogP contribution >= 0.6 is 0 Å². The lowest BCUT2D eigenvalue weighted by Gasteiger charge is -2.39. The molecule has 1 N–H and O–H groups in total. The number of amides is 1. The number of likely N-dealkylation sites (tertiary alicyclic amines) is 1. The van der Waals surface area contributed by atoms with E-state index < -0.39 is 17.9 Å². The molecule has 1 aliphatic rings. The highest BCUT2D eigenvalue weighted by molar-refractivity contribution is 5.81. The number of hydrogen-bond donors (Lipinski definition) is 1. The molecule has 1 aromatic carbocycles. The number of aliphatic carboxylic acids is 1. The van der Waals surface area contributed by atoms with E-state index in [1.807, 2.05) is 24.3 Å². The number of rotatable bonds is 6. The Morgan fingerprint density at radius 1 is 1.31 bits per heavy atom. The fourth-order valence-electron chi connectivity index (χ4n) is 3.63. The van der Waals surface area contributed by atoms with Gasteiger partial charge in [0.25, 0.3) is 0 Å². The summed E-state index contributed by atoms with van der Waals surface area (Å²) < 4.78 is 6.90. The van der Waals surface area contributed by atoms with Crippen LogP contribution in [0.4, 0.5) is 0 Å². The third-order valence-corrected chi connectivity index (χ3v) is 4.94. The van der Waals surface area contributed by atoms with E-state index in [0.717, 1.165) is 16.8 Å². The molecule has 0 radical (unpaired) electrons. The van der Waals surface area contributed by atoms with Gasteiger partial charge in [-0.15, -0.1) is 0 Å². The second kappa shape index (κ2) is 7.70. The first-order chi connectivity index (χ1) is 12.5. The maximum atomic E-state index is 12.7. The van der Waals surface area contributed by atoms with Crippen molar-refractivity contribution >= 4 is 11.9 Å². The van der Waals surface area contributed by atoms with Gasteiger partial charge in [0, 0.05) is 33.3 Å². The number of aryl methyl sites for hydroxylation is 1. The predicted octanol–water partition coefficient (Wildman–Crippen LogP) is 2.13. The molecule has 2 heterocycles. The number of hydrogen-bond acceptors (Lipinski definition) is 4. The molecule has 1 aromatic heterocycles. The minimum Gasteiger partial charge on any atom is -0.481 e. The maximum Gasteiger partial charge on any atom is 0.309 e. The average Bonchev–Trinajstić information content (AvgIpc) is 3.03. The molecular weight excluding hydrogens is 334 g/mol. The first-order valence-corrected chi connectivity index (χ1v) is 8.58. The number of ether oxygens (including phenoxy) is 1. The summed E-state index contributed by atoms with van der Waals surface area (Å²) in [6, 6.07) is 8.99. The summed E-state index contributed by atoms with van der Waals surface area (Å²) in [5.74, 6) is -1.59. The molecule has 2 atom stereocenters. The Kier molecular flexibility index (Phi) is 5.37. The van der Waals surface area contributed by atoms with Gasteiger partial charge >= 0.3 is 5.97 Å². The molecule has 26 heavy (non-hydrogen) atoms. The second-order valence-electron chi connectivity index (χ2n) is 6.53. The summed E-state index contributed by atoms with van der Waals surface area (Å²) in [7, 11) is 3.39. The fourth-order valence-corrected chi connectivity index (χ4v) is 3.63. The molecule has 0 unspecified atom stereocenters. The predicted molar refractivity (Wildman–Crippen MR) is 94.0 cm³/mol. The number of carbonyl (C=O) groups is 2. The lowest BCUT2D eigenvalue weighted by atomic mass is 9.86. The Hall–Kier alpha value is -2.67. The van der Waals surface area contributed by atoms with Gasteiger partial charge in [0.05, 0.1) is 24.3 Å². The second-order valence-corrected chi connectivity index (χ2v) is 6.53. The van der Waals surface area contributed by atoms with Crippen molar-refractivity contribution in [1.82, 2.24) is 14.7 Å². The third kappa shape index (κ3) is 3.48. The molecule has 0 spiro atoms. The van der Waals surface area contributed by atoms with E-state index in [0.29, 0.717) is 19.6 Å². The average molecular weight is 357 g/mol.